The van der Waals surface area contributed by atoms with Crippen LogP contribution in [0.5, 0.6) is 0 Å². The zero-order valence-corrected chi connectivity index (χ0v) is 8.32. The van der Waals surface area contributed by atoms with E-state index in [9.17, 15) is 0 Å². The zero-order valence-electron chi connectivity index (χ0n) is 8.32. The lowest BCUT2D eigenvalue weighted by atomic mass is 9.82. The normalized spacial score (nSPS) is 27.5. The Morgan fingerprint density at radius 1 is 1.57 bits per heavy atom. The fourth-order valence-electron chi connectivity index (χ4n) is 2.20. The quantitative estimate of drug-likeness (QED) is 0.724. The van der Waals surface area contributed by atoms with Gasteiger partial charge in [0.05, 0.1) is 0 Å². The van der Waals surface area contributed by atoms with Gasteiger partial charge in [-0.05, 0) is 49.5 Å². The van der Waals surface area contributed by atoms with Gasteiger partial charge in [-0.3, -0.25) is 4.98 Å². The molecule has 76 valence electrons. The smallest absolute Gasteiger partial charge is 0.0302 e. The third-order valence-corrected chi connectivity index (χ3v) is 3.02. The van der Waals surface area contributed by atoms with E-state index in [1.54, 1.807) is 0 Å². The SMILES string of the molecule is NCC1CNCCC1c1cccnc1. The van der Waals surface area contributed by atoms with Crippen LogP contribution in [-0.2, 0) is 0 Å². The van der Waals surface area contributed by atoms with Crippen LogP contribution in [0.3, 0.4) is 0 Å². The molecule has 1 aliphatic rings. The van der Waals surface area contributed by atoms with E-state index in [1.807, 2.05) is 18.5 Å². The van der Waals surface area contributed by atoms with Crippen LogP contribution in [0.2, 0.25) is 0 Å². The van der Waals surface area contributed by atoms with Gasteiger partial charge in [0.2, 0.25) is 0 Å². The fourth-order valence-corrected chi connectivity index (χ4v) is 2.20. The molecule has 1 aromatic heterocycles. The highest BCUT2D eigenvalue weighted by Gasteiger charge is 2.24. The molecular weight excluding hydrogens is 174 g/mol. The molecule has 2 atom stereocenters. The van der Waals surface area contributed by atoms with Gasteiger partial charge in [-0.15, -0.1) is 0 Å². The molecule has 2 unspecified atom stereocenters. The Morgan fingerprint density at radius 2 is 2.50 bits per heavy atom. The van der Waals surface area contributed by atoms with Crippen LogP contribution < -0.4 is 11.1 Å². The second-order valence-corrected chi connectivity index (χ2v) is 3.88. The maximum absolute atomic E-state index is 5.77. The van der Waals surface area contributed by atoms with Gasteiger partial charge in [0.1, 0.15) is 0 Å². The number of rotatable bonds is 2. The number of nitrogens with two attached hydrogens (primary N) is 1. The van der Waals surface area contributed by atoms with Gasteiger partial charge >= 0.3 is 0 Å². The molecule has 3 nitrogen and oxygen atoms in total. The lowest BCUT2D eigenvalue weighted by Crippen LogP contribution is -2.39. The molecule has 2 heterocycles. The van der Waals surface area contributed by atoms with E-state index in [-0.39, 0.29) is 0 Å². The maximum atomic E-state index is 5.77. The molecule has 0 bridgehead atoms. The van der Waals surface area contributed by atoms with Crippen LogP contribution in [0.1, 0.15) is 17.9 Å². The third kappa shape index (κ3) is 1.94. The second kappa shape index (κ2) is 4.53. The standard InChI is InChI=1S/C11H17N3/c12-6-10-8-14-5-3-11(10)9-2-1-4-13-7-9/h1-2,4,7,10-11,14H,3,5-6,8,12H2. The lowest BCUT2D eigenvalue weighted by Gasteiger charge is -2.31. The van der Waals surface area contributed by atoms with Crippen molar-refractivity contribution in [1.29, 1.82) is 0 Å². The minimum Gasteiger partial charge on any atom is -0.330 e. The molecular formula is C11H17N3. The van der Waals surface area contributed by atoms with Crippen LogP contribution in [0.25, 0.3) is 0 Å². The molecule has 0 radical (unpaired) electrons. The van der Waals surface area contributed by atoms with Gasteiger partial charge in [0, 0.05) is 12.4 Å². The summed E-state index contributed by atoms with van der Waals surface area (Å²) in [4.78, 5) is 4.17. The van der Waals surface area contributed by atoms with Crippen molar-refractivity contribution in [2.24, 2.45) is 11.7 Å². The van der Waals surface area contributed by atoms with Crippen LogP contribution in [0, 0.1) is 5.92 Å². The first-order valence-electron chi connectivity index (χ1n) is 5.22. The van der Waals surface area contributed by atoms with Crippen LogP contribution >= 0.6 is 0 Å². The maximum Gasteiger partial charge on any atom is 0.0302 e. The van der Waals surface area contributed by atoms with E-state index in [0.29, 0.717) is 11.8 Å². The highest BCUT2D eigenvalue weighted by atomic mass is 14.9. The molecule has 1 saturated heterocycles. The van der Waals surface area contributed by atoms with Crippen LogP contribution in [-0.4, -0.2) is 24.6 Å². The summed E-state index contributed by atoms with van der Waals surface area (Å²) in [5, 5.41) is 3.39. The van der Waals surface area contributed by atoms with E-state index in [2.05, 4.69) is 16.4 Å². The van der Waals surface area contributed by atoms with Crippen molar-refractivity contribution in [1.82, 2.24) is 10.3 Å². The largest absolute Gasteiger partial charge is 0.330 e. The summed E-state index contributed by atoms with van der Waals surface area (Å²) in [5.74, 6) is 1.16. The summed E-state index contributed by atoms with van der Waals surface area (Å²) in [7, 11) is 0. The third-order valence-electron chi connectivity index (χ3n) is 3.02. The lowest BCUT2D eigenvalue weighted by molar-refractivity contribution is 0.332. The van der Waals surface area contributed by atoms with Gasteiger partial charge in [-0.1, -0.05) is 6.07 Å². The van der Waals surface area contributed by atoms with Crippen molar-refractivity contribution in [3.63, 3.8) is 0 Å². The first kappa shape index (κ1) is 9.62. The highest BCUT2D eigenvalue weighted by Crippen LogP contribution is 2.28. The Balaban J connectivity index is 2.15. The molecule has 0 spiro atoms. The number of pyridine rings is 1. The minimum atomic E-state index is 0.563. The average Bonchev–Trinajstić information content (AvgIpc) is 2.30. The molecule has 1 fully saturated rings. The highest BCUT2D eigenvalue weighted by molar-refractivity contribution is 5.17. The zero-order chi connectivity index (χ0) is 9.80. The summed E-state index contributed by atoms with van der Waals surface area (Å²) >= 11 is 0. The van der Waals surface area contributed by atoms with E-state index >= 15 is 0 Å². The fraction of sp³-hybridized carbons (Fsp3) is 0.545. The van der Waals surface area contributed by atoms with E-state index in [0.717, 1.165) is 19.6 Å². The number of piperidine rings is 1. The van der Waals surface area contributed by atoms with Crippen molar-refractivity contribution in [2.75, 3.05) is 19.6 Å². The number of aromatic nitrogens is 1. The van der Waals surface area contributed by atoms with Crippen LogP contribution in [0.15, 0.2) is 24.5 Å². The van der Waals surface area contributed by atoms with Crippen molar-refractivity contribution in [3.8, 4) is 0 Å². The Labute approximate surface area is 84.7 Å². The molecule has 1 aromatic rings. The number of nitrogens with zero attached hydrogens (tertiary/aromatic N) is 1. The van der Waals surface area contributed by atoms with E-state index < -0.39 is 0 Å². The topological polar surface area (TPSA) is 50.9 Å². The van der Waals surface area contributed by atoms with Crippen molar-refractivity contribution >= 4 is 0 Å². The first-order valence-corrected chi connectivity index (χ1v) is 5.22. The molecule has 0 amide bonds. The Kier molecular flexibility index (Phi) is 3.11. The number of hydrogen-bond acceptors (Lipinski definition) is 3. The first-order chi connectivity index (χ1) is 6.92. The Morgan fingerprint density at radius 3 is 3.21 bits per heavy atom. The summed E-state index contributed by atoms with van der Waals surface area (Å²) in [5.41, 5.74) is 7.11. The van der Waals surface area contributed by atoms with Crippen molar-refractivity contribution in [3.05, 3.63) is 30.1 Å². The molecule has 0 aromatic carbocycles. The molecule has 0 saturated carbocycles. The second-order valence-electron chi connectivity index (χ2n) is 3.88. The predicted molar refractivity (Wildman–Crippen MR) is 57.0 cm³/mol. The summed E-state index contributed by atoms with van der Waals surface area (Å²) < 4.78 is 0. The van der Waals surface area contributed by atoms with E-state index in [1.165, 1.54) is 12.0 Å². The molecule has 2 rings (SSSR count). The van der Waals surface area contributed by atoms with Crippen molar-refractivity contribution < 1.29 is 0 Å². The van der Waals surface area contributed by atoms with Crippen molar-refractivity contribution in [2.45, 2.75) is 12.3 Å². The number of nitrogens with one attached hydrogen (secondary N) is 1. The molecule has 3 heteroatoms. The summed E-state index contributed by atoms with van der Waals surface area (Å²) in [6, 6.07) is 4.16. The average molecular weight is 191 g/mol. The minimum absolute atomic E-state index is 0.563. The molecule has 1 aliphatic heterocycles. The Bertz CT molecular complexity index is 273. The van der Waals surface area contributed by atoms with Gasteiger partial charge in [0.25, 0.3) is 0 Å². The van der Waals surface area contributed by atoms with Crippen LogP contribution in [0.4, 0.5) is 0 Å². The molecule has 0 aliphatic carbocycles. The summed E-state index contributed by atoms with van der Waals surface area (Å²) in [6.07, 6.45) is 4.97. The van der Waals surface area contributed by atoms with Gasteiger partial charge < -0.3 is 11.1 Å². The summed E-state index contributed by atoms with van der Waals surface area (Å²) in [6.45, 7) is 2.89. The predicted octanol–water partition coefficient (Wildman–Crippen LogP) is 0.733. The van der Waals surface area contributed by atoms with E-state index in [4.69, 9.17) is 5.73 Å². The van der Waals surface area contributed by atoms with Gasteiger partial charge in [-0.25, -0.2) is 0 Å². The van der Waals surface area contributed by atoms with Gasteiger partial charge in [0.15, 0.2) is 0 Å². The molecule has 3 N–H and O–H groups in total. The molecule has 14 heavy (non-hydrogen) atoms. The number of hydrogen-bond donors (Lipinski definition) is 2. The Hall–Kier alpha value is -0.930. The van der Waals surface area contributed by atoms with Gasteiger partial charge in [-0.2, -0.15) is 0 Å². The monoisotopic (exact) mass is 191 g/mol.